The molecule has 6 heteroatoms. The topological polar surface area (TPSA) is 94.3 Å². The van der Waals surface area contributed by atoms with E-state index in [1.54, 1.807) is 23.0 Å². The molecular weight excluding hydrogens is 198 g/mol. The van der Waals surface area contributed by atoms with Crippen molar-refractivity contribution >= 4 is 11.9 Å². The molecule has 2 aromatic heterocycles. The lowest BCUT2D eigenvalue weighted by Gasteiger charge is -1.94. The van der Waals surface area contributed by atoms with Gasteiger partial charge < -0.3 is 19.9 Å². The van der Waals surface area contributed by atoms with Gasteiger partial charge in [0.15, 0.2) is 0 Å². The zero-order valence-electron chi connectivity index (χ0n) is 7.97. The van der Waals surface area contributed by atoms with E-state index < -0.39 is 5.97 Å². The lowest BCUT2D eigenvalue weighted by Crippen LogP contribution is -1.99. The van der Waals surface area contributed by atoms with Crippen LogP contribution in [-0.2, 0) is 7.05 Å². The Kier molecular flexibility index (Phi) is 1.96. The van der Waals surface area contributed by atoms with Crippen molar-refractivity contribution in [3.63, 3.8) is 0 Å². The first kappa shape index (κ1) is 9.32. The van der Waals surface area contributed by atoms with Crippen LogP contribution in [0.1, 0.15) is 10.5 Å². The van der Waals surface area contributed by atoms with E-state index in [0.29, 0.717) is 11.1 Å². The van der Waals surface area contributed by atoms with E-state index in [4.69, 9.17) is 10.8 Å². The number of carboxylic acid groups (broad SMARTS) is 1. The van der Waals surface area contributed by atoms with Gasteiger partial charge in [0.05, 0.1) is 5.56 Å². The molecule has 78 valence electrons. The molecular formula is C9H9N3O3. The van der Waals surface area contributed by atoms with Crippen LogP contribution in [0, 0.1) is 0 Å². The van der Waals surface area contributed by atoms with Crippen molar-refractivity contribution in [2.24, 2.45) is 7.05 Å². The predicted molar refractivity (Wildman–Crippen MR) is 52.3 cm³/mol. The van der Waals surface area contributed by atoms with Crippen LogP contribution < -0.4 is 5.73 Å². The minimum atomic E-state index is -1.16. The number of aryl methyl sites for hydroxylation is 1. The van der Waals surface area contributed by atoms with Gasteiger partial charge in [-0.3, -0.25) is 0 Å². The molecule has 0 unspecified atom stereocenters. The highest BCUT2D eigenvalue weighted by atomic mass is 16.5. The summed E-state index contributed by atoms with van der Waals surface area (Å²) in [5.41, 5.74) is 6.35. The summed E-state index contributed by atoms with van der Waals surface area (Å²) < 4.78 is 6.44. The lowest BCUT2D eigenvalue weighted by molar-refractivity contribution is 0.0686. The number of aromatic nitrogens is 2. The van der Waals surface area contributed by atoms with Crippen molar-refractivity contribution in [1.29, 1.82) is 0 Å². The number of carbonyl (C=O) groups is 1. The zero-order chi connectivity index (χ0) is 11.0. The summed E-state index contributed by atoms with van der Waals surface area (Å²) in [6, 6.07) is 1.75. The molecule has 15 heavy (non-hydrogen) atoms. The molecule has 0 aromatic carbocycles. The largest absolute Gasteiger partial charge is 0.476 e. The number of anilines is 1. The first-order valence-electron chi connectivity index (χ1n) is 4.20. The van der Waals surface area contributed by atoms with Gasteiger partial charge in [0, 0.05) is 25.0 Å². The van der Waals surface area contributed by atoms with Crippen molar-refractivity contribution in [3.8, 4) is 11.1 Å². The molecule has 0 radical (unpaired) electrons. The van der Waals surface area contributed by atoms with Gasteiger partial charge in [0.25, 0.3) is 0 Å². The lowest BCUT2D eigenvalue weighted by atomic mass is 10.1. The second kappa shape index (κ2) is 3.16. The number of hydrogen-bond acceptors (Lipinski definition) is 4. The van der Waals surface area contributed by atoms with Crippen molar-refractivity contribution in [2.75, 3.05) is 5.73 Å². The summed E-state index contributed by atoms with van der Waals surface area (Å²) in [6.07, 6.45) is 3.53. The fourth-order valence-electron chi connectivity index (χ4n) is 1.38. The molecule has 0 bridgehead atoms. The van der Waals surface area contributed by atoms with E-state index in [9.17, 15) is 4.79 Å². The molecule has 0 saturated heterocycles. The monoisotopic (exact) mass is 207 g/mol. The number of carboxylic acids is 1. The van der Waals surface area contributed by atoms with Gasteiger partial charge in [-0.15, -0.1) is 0 Å². The Balaban J connectivity index is 2.60. The van der Waals surface area contributed by atoms with Crippen LogP contribution in [0.2, 0.25) is 0 Å². The zero-order valence-corrected chi connectivity index (χ0v) is 7.97. The highest BCUT2D eigenvalue weighted by molar-refractivity contribution is 5.96. The number of nitrogens with zero attached hydrogens (tertiary/aromatic N) is 2. The molecule has 0 aliphatic carbocycles. The second-order valence-corrected chi connectivity index (χ2v) is 3.14. The van der Waals surface area contributed by atoms with E-state index in [0.717, 1.165) is 0 Å². The van der Waals surface area contributed by atoms with E-state index in [2.05, 4.69) is 9.68 Å². The van der Waals surface area contributed by atoms with Crippen molar-refractivity contribution < 1.29 is 14.4 Å². The highest BCUT2D eigenvalue weighted by Gasteiger charge is 2.21. The van der Waals surface area contributed by atoms with Gasteiger partial charge in [0.2, 0.25) is 11.6 Å². The van der Waals surface area contributed by atoms with Gasteiger partial charge in [-0.2, -0.15) is 0 Å². The third-order valence-corrected chi connectivity index (χ3v) is 2.04. The molecule has 0 atom stereocenters. The molecule has 0 amide bonds. The van der Waals surface area contributed by atoms with Crippen molar-refractivity contribution in [1.82, 2.24) is 9.72 Å². The third-order valence-electron chi connectivity index (χ3n) is 2.04. The summed E-state index contributed by atoms with van der Waals surface area (Å²) in [6.45, 7) is 0. The normalized spacial score (nSPS) is 10.5. The molecule has 2 aromatic rings. The Bertz CT molecular complexity index is 512. The first-order valence-corrected chi connectivity index (χ1v) is 4.20. The number of hydrogen-bond donors (Lipinski definition) is 2. The van der Waals surface area contributed by atoms with Crippen LogP contribution in [0.15, 0.2) is 23.0 Å². The molecule has 2 heterocycles. The maximum absolute atomic E-state index is 10.8. The minimum Gasteiger partial charge on any atom is -0.476 e. The molecule has 0 spiro atoms. The molecule has 3 N–H and O–H groups in total. The quantitative estimate of drug-likeness (QED) is 0.764. The van der Waals surface area contributed by atoms with Gasteiger partial charge in [-0.1, -0.05) is 5.16 Å². The summed E-state index contributed by atoms with van der Waals surface area (Å²) in [4.78, 5) is 10.8. The number of rotatable bonds is 2. The second-order valence-electron chi connectivity index (χ2n) is 3.14. The van der Waals surface area contributed by atoms with Crippen LogP contribution in [0.3, 0.4) is 0 Å². The highest BCUT2D eigenvalue weighted by Crippen LogP contribution is 2.29. The standard InChI is InChI=1S/C9H9N3O3/c1-12-3-2-5(4-12)6-7(9(13)14)11-15-8(6)10/h2-4H,10H2,1H3,(H,13,14). The molecule has 6 nitrogen and oxygen atoms in total. The predicted octanol–water partition coefficient (Wildman–Crippen LogP) is 0.961. The maximum atomic E-state index is 10.8. The fraction of sp³-hybridized carbons (Fsp3) is 0.111. The van der Waals surface area contributed by atoms with Gasteiger partial charge in [-0.05, 0) is 6.07 Å². The molecule has 0 aliphatic rings. The average Bonchev–Trinajstić information content (AvgIpc) is 2.71. The Morgan fingerprint density at radius 3 is 2.93 bits per heavy atom. The molecule has 0 fully saturated rings. The maximum Gasteiger partial charge on any atom is 0.358 e. The van der Waals surface area contributed by atoms with Crippen molar-refractivity contribution in [2.45, 2.75) is 0 Å². The SMILES string of the molecule is Cn1ccc(-c2c(C(=O)O)noc2N)c1. The fourth-order valence-corrected chi connectivity index (χ4v) is 1.38. The van der Waals surface area contributed by atoms with Crippen LogP contribution in [-0.4, -0.2) is 20.8 Å². The smallest absolute Gasteiger partial charge is 0.358 e. The number of nitrogen functional groups attached to an aromatic ring is 1. The third kappa shape index (κ3) is 1.45. The van der Waals surface area contributed by atoms with E-state index in [1.165, 1.54) is 0 Å². The molecule has 0 saturated carbocycles. The van der Waals surface area contributed by atoms with Crippen LogP contribution in [0.5, 0.6) is 0 Å². The number of aromatic carboxylic acids is 1. The Morgan fingerprint density at radius 2 is 2.40 bits per heavy atom. The average molecular weight is 207 g/mol. The Hall–Kier alpha value is -2.24. The van der Waals surface area contributed by atoms with Crippen LogP contribution in [0.4, 0.5) is 5.88 Å². The van der Waals surface area contributed by atoms with Crippen LogP contribution >= 0.6 is 0 Å². The van der Waals surface area contributed by atoms with Crippen molar-refractivity contribution in [3.05, 3.63) is 24.2 Å². The van der Waals surface area contributed by atoms with Crippen LogP contribution in [0.25, 0.3) is 11.1 Å². The summed E-state index contributed by atoms with van der Waals surface area (Å²) >= 11 is 0. The summed E-state index contributed by atoms with van der Waals surface area (Å²) in [7, 11) is 1.83. The Labute approximate surface area is 84.9 Å². The number of nitrogens with two attached hydrogens (primary N) is 1. The summed E-state index contributed by atoms with van der Waals surface area (Å²) in [5.74, 6) is -1.15. The first-order chi connectivity index (χ1) is 7.09. The minimum absolute atomic E-state index is 0.0126. The Morgan fingerprint density at radius 1 is 1.67 bits per heavy atom. The van der Waals surface area contributed by atoms with Gasteiger partial charge in [0.1, 0.15) is 0 Å². The van der Waals surface area contributed by atoms with Gasteiger partial charge in [-0.25, -0.2) is 4.79 Å². The summed E-state index contributed by atoms with van der Waals surface area (Å²) in [5, 5.41) is 12.3. The van der Waals surface area contributed by atoms with E-state index in [1.807, 2.05) is 7.05 Å². The molecule has 0 aliphatic heterocycles. The van der Waals surface area contributed by atoms with E-state index >= 15 is 0 Å². The van der Waals surface area contributed by atoms with E-state index in [-0.39, 0.29) is 11.6 Å². The van der Waals surface area contributed by atoms with Gasteiger partial charge >= 0.3 is 5.97 Å². The molecule has 2 rings (SSSR count).